The van der Waals surface area contributed by atoms with Crippen LogP contribution in [0.2, 0.25) is 6.82 Å². The number of nitrogens with one attached hydrogen (secondary N) is 1. The standard InChI is InChI=1S/C19H18BN3O3S2.C18H15N3O2S2.2U.2V/c1-13-3-5-14(6-4-13)28(25,26)23-12-10-16-15(9-11-21-19(16)23)17-7-8-18(27-17)22-20(2)24;1-12-2-4-13(5-3-12)25(22,23)21-11-9-15-14(8-10-20-18(15)21)16-6-7-17(19)24-16;;;;/h3-12,22,24H,1-2H3;2-11H,19H2,1H3;;;;. The van der Waals surface area contributed by atoms with Crippen molar-refractivity contribution in [2.45, 2.75) is 30.5 Å². The molecule has 8 rings (SSSR count). The van der Waals surface area contributed by atoms with Gasteiger partial charge in [0.2, 0.25) is 0 Å². The van der Waals surface area contributed by atoms with Gasteiger partial charge in [-0.3, -0.25) is 0 Å². The summed E-state index contributed by atoms with van der Waals surface area (Å²) in [5.74, 6) is 0. The molecule has 286 valence electrons. The molecule has 0 amide bonds. The smallest absolute Gasteiger partial charge is 0.407 e. The molecule has 2 radical (unpaired) electrons. The van der Waals surface area contributed by atoms with Gasteiger partial charge in [0.25, 0.3) is 20.0 Å². The summed E-state index contributed by atoms with van der Waals surface area (Å²) in [5.41, 5.74) is 10.4. The molecule has 8 aromatic rings. The first-order valence-corrected chi connectivity index (χ1v) is 20.8. The first-order chi connectivity index (χ1) is 25.3. The van der Waals surface area contributed by atoms with E-state index in [1.54, 1.807) is 92.3 Å². The molecule has 0 spiro atoms. The van der Waals surface area contributed by atoms with E-state index in [1.807, 2.05) is 50.2 Å². The Balaban J connectivity index is 0.000000287. The maximum absolute atomic E-state index is 13.1. The summed E-state index contributed by atoms with van der Waals surface area (Å²) in [7, 11) is -8.08. The molecule has 57 heavy (non-hydrogen) atoms. The number of nitrogen functional groups attached to an aromatic ring is 1. The summed E-state index contributed by atoms with van der Waals surface area (Å²) >= 11 is 2.95. The third-order valence-electron chi connectivity index (χ3n) is 8.38. The zero-order valence-corrected chi connectivity index (χ0v) is 45.0. The number of aryl methyl sites for hydroxylation is 2. The zero-order chi connectivity index (χ0) is 37.5. The van der Waals surface area contributed by atoms with Crippen molar-refractivity contribution in [3.8, 4) is 20.9 Å². The van der Waals surface area contributed by atoms with E-state index in [9.17, 15) is 21.9 Å². The van der Waals surface area contributed by atoms with Gasteiger partial charge in [0, 0.05) is 156 Å². The van der Waals surface area contributed by atoms with E-state index in [2.05, 4.69) is 15.2 Å². The molecule has 0 bridgehead atoms. The van der Waals surface area contributed by atoms with Crippen LogP contribution in [0.1, 0.15) is 11.1 Å². The van der Waals surface area contributed by atoms with Gasteiger partial charge < -0.3 is 16.0 Å². The van der Waals surface area contributed by atoms with Crippen molar-refractivity contribution in [1.82, 2.24) is 17.9 Å². The summed E-state index contributed by atoms with van der Waals surface area (Å²) in [6.45, 7) is 5.49. The summed E-state index contributed by atoms with van der Waals surface area (Å²) in [5, 5.41) is 15.5. The van der Waals surface area contributed by atoms with Crippen LogP contribution in [0, 0.1) is 76.1 Å². The van der Waals surface area contributed by atoms with E-state index in [0.29, 0.717) is 16.3 Å². The SMILES string of the molecule is CB(O)Nc1ccc(-c2ccnc3c2ccn3S(=O)(=O)c2ccc(C)cc2)s1.Cc1ccc(S(=O)(=O)n2ccc3c(-c4ccc(N)s4)ccnc32)cc1.[U].[U].[V].[V]. The van der Waals surface area contributed by atoms with Gasteiger partial charge in [-0.1, -0.05) is 35.4 Å². The van der Waals surface area contributed by atoms with E-state index < -0.39 is 27.1 Å². The van der Waals surface area contributed by atoms with E-state index in [-0.39, 0.29) is 109 Å². The van der Waals surface area contributed by atoms with E-state index >= 15 is 0 Å². The van der Waals surface area contributed by atoms with Gasteiger partial charge in [-0.05, 0) is 93.5 Å². The zero-order valence-electron chi connectivity index (χ0n) is 30.6. The monoisotopic (exact) mass is 1360 g/mol. The van der Waals surface area contributed by atoms with Gasteiger partial charge in [0.1, 0.15) is 0 Å². The van der Waals surface area contributed by atoms with E-state index in [1.165, 1.54) is 30.6 Å². The fourth-order valence-corrected chi connectivity index (χ4v) is 10.2. The summed E-state index contributed by atoms with van der Waals surface area (Å²) in [6, 6.07) is 28.4. The number of fused-ring (bicyclic) bond motifs is 2. The van der Waals surface area contributed by atoms with Crippen molar-refractivity contribution in [1.29, 1.82) is 0 Å². The molecule has 11 nitrogen and oxygen atoms in total. The molecule has 0 saturated carbocycles. The fourth-order valence-electron chi connectivity index (χ4n) is 5.76. The van der Waals surface area contributed by atoms with Gasteiger partial charge in [-0.15, -0.1) is 22.7 Å². The maximum Gasteiger partial charge on any atom is 0.407 e. The van der Waals surface area contributed by atoms with E-state index in [4.69, 9.17) is 5.73 Å². The van der Waals surface area contributed by atoms with Crippen molar-refractivity contribution in [3.05, 3.63) is 133 Å². The van der Waals surface area contributed by atoms with Gasteiger partial charge in [0.15, 0.2) is 11.3 Å². The van der Waals surface area contributed by atoms with Crippen molar-refractivity contribution < 1.29 is 121 Å². The quantitative estimate of drug-likeness (QED) is 0.129. The molecule has 0 atom stereocenters. The Morgan fingerprint density at radius 3 is 1.46 bits per heavy atom. The number of anilines is 2. The van der Waals surface area contributed by atoms with Crippen LogP contribution in [0.3, 0.4) is 0 Å². The molecule has 4 N–H and O–H groups in total. The number of thiophene rings is 2. The average molecular weight is 1360 g/mol. The first-order valence-electron chi connectivity index (χ1n) is 16.3. The molecule has 0 aliphatic heterocycles. The van der Waals surface area contributed by atoms with E-state index in [0.717, 1.165) is 47.8 Å². The molecule has 0 aliphatic rings. The van der Waals surface area contributed by atoms with Crippen molar-refractivity contribution in [2.75, 3.05) is 11.0 Å². The minimum Gasteiger partial charge on any atom is -0.433 e. The van der Waals surface area contributed by atoms with Crippen LogP contribution in [0.4, 0.5) is 10.0 Å². The number of pyridine rings is 2. The Labute approximate surface area is 411 Å². The van der Waals surface area contributed by atoms with Crippen molar-refractivity contribution in [2.24, 2.45) is 0 Å². The largest absolute Gasteiger partial charge is 0.433 e. The normalized spacial score (nSPS) is 10.9. The fraction of sp³-hybridized carbons (Fsp3) is 0.0811. The maximum atomic E-state index is 13.1. The number of nitrogens with zero attached hydrogens (tertiary/aromatic N) is 4. The first kappa shape index (κ1) is 49.4. The van der Waals surface area contributed by atoms with Gasteiger partial charge >= 0.3 is 7.05 Å². The predicted octanol–water partition coefficient (Wildman–Crippen LogP) is 7.72. The predicted molar refractivity (Wildman–Crippen MR) is 215 cm³/mol. The van der Waals surface area contributed by atoms with Gasteiger partial charge in [-0.2, -0.15) is 0 Å². The Kier molecular flexibility index (Phi) is 17.8. The molecule has 2 aromatic carbocycles. The Morgan fingerprint density at radius 2 is 1.05 bits per heavy atom. The molecule has 0 saturated heterocycles. The second-order valence-electron chi connectivity index (χ2n) is 12.2. The Bertz CT molecular complexity index is 2830. The summed E-state index contributed by atoms with van der Waals surface area (Å²) < 4.78 is 54.6. The third kappa shape index (κ3) is 10.5. The third-order valence-corrected chi connectivity index (χ3v) is 13.7. The topological polar surface area (TPSA) is 162 Å². The number of nitrogens with two attached hydrogens (primary N) is 1. The van der Waals surface area contributed by atoms with Crippen LogP contribution in [0.5, 0.6) is 0 Å². The minimum atomic E-state index is -3.74. The molecular weight excluding hydrogens is 1330 g/mol. The second-order valence-corrected chi connectivity index (χ2v) is 18.1. The molecule has 0 unspecified atom stereocenters. The number of benzene rings is 2. The molecule has 20 heteroatoms. The molecule has 0 fully saturated rings. The van der Waals surface area contributed by atoms with Crippen LogP contribution >= 0.6 is 22.7 Å². The minimum absolute atomic E-state index is 0. The molecular formula is C37H33BN6O5S4U2V2. The molecule has 6 heterocycles. The number of hydrogen-bond acceptors (Lipinski definition) is 11. The van der Waals surface area contributed by atoms with Crippen molar-refractivity contribution >= 4 is 81.8 Å². The number of aromatic nitrogens is 4. The van der Waals surface area contributed by atoms with Crippen LogP contribution in [-0.4, -0.2) is 46.8 Å². The van der Waals surface area contributed by atoms with Crippen LogP contribution in [-0.2, 0) is 57.2 Å². The molecule has 0 aliphatic carbocycles. The van der Waals surface area contributed by atoms with Crippen LogP contribution in [0.25, 0.3) is 42.9 Å². The van der Waals surface area contributed by atoms with Crippen molar-refractivity contribution in [3.63, 3.8) is 0 Å². The second kappa shape index (κ2) is 20.5. The molecule has 6 aromatic heterocycles. The Morgan fingerprint density at radius 1 is 0.632 bits per heavy atom. The van der Waals surface area contributed by atoms with Crippen LogP contribution in [0.15, 0.2) is 132 Å². The number of hydrogen-bond donors (Lipinski definition) is 3. The van der Waals surface area contributed by atoms with Gasteiger partial charge in [0.05, 0.1) is 19.8 Å². The van der Waals surface area contributed by atoms with Crippen LogP contribution < -0.4 is 11.0 Å². The number of rotatable bonds is 8. The van der Waals surface area contributed by atoms with Gasteiger partial charge in [-0.25, -0.2) is 34.7 Å². The average Bonchev–Trinajstić information content (AvgIpc) is 3.95. The summed E-state index contributed by atoms with van der Waals surface area (Å²) in [6.07, 6.45) is 6.32. The summed E-state index contributed by atoms with van der Waals surface area (Å²) in [4.78, 5) is 11.0. The Hall–Kier alpha value is -1.98.